The monoisotopic (exact) mass is 358 g/mol. The second-order valence-corrected chi connectivity index (χ2v) is 7.54. The van der Waals surface area contributed by atoms with Gasteiger partial charge in [0.25, 0.3) is 11.6 Å². The van der Waals surface area contributed by atoms with Crippen molar-refractivity contribution in [3.8, 4) is 0 Å². The summed E-state index contributed by atoms with van der Waals surface area (Å²) in [5.74, 6) is -0.134. The standard InChI is InChI=1S/C18H22N4O4/c1-12-9-13-10-14(22(25)26)5-6-15(13)20(12)11-21-16(23)18(19-17(21)24)7-3-2-4-8-18/h5-6,10,12H,2-4,7-9,11H2,1H3,(H,19,24). The van der Waals surface area contributed by atoms with Gasteiger partial charge >= 0.3 is 6.03 Å². The first-order chi connectivity index (χ1) is 12.4. The van der Waals surface area contributed by atoms with Crippen LogP contribution in [0.25, 0.3) is 0 Å². The number of hydrogen-bond acceptors (Lipinski definition) is 5. The molecule has 3 aliphatic rings. The van der Waals surface area contributed by atoms with Gasteiger partial charge < -0.3 is 10.2 Å². The van der Waals surface area contributed by atoms with Crippen molar-refractivity contribution in [2.24, 2.45) is 0 Å². The van der Waals surface area contributed by atoms with Crippen molar-refractivity contribution < 1.29 is 14.5 Å². The summed E-state index contributed by atoms with van der Waals surface area (Å²) in [6, 6.07) is 4.50. The van der Waals surface area contributed by atoms with E-state index in [1.807, 2.05) is 11.8 Å². The van der Waals surface area contributed by atoms with Crippen LogP contribution in [-0.4, -0.2) is 40.0 Å². The first-order valence-corrected chi connectivity index (χ1v) is 9.09. The molecule has 0 radical (unpaired) electrons. The Kier molecular flexibility index (Phi) is 3.86. The third-order valence-corrected chi connectivity index (χ3v) is 5.88. The maximum Gasteiger partial charge on any atom is 0.326 e. The minimum Gasteiger partial charge on any atom is -0.350 e. The highest BCUT2D eigenvalue weighted by molar-refractivity contribution is 6.07. The molecule has 1 saturated heterocycles. The zero-order chi connectivity index (χ0) is 18.5. The number of rotatable bonds is 3. The van der Waals surface area contributed by atoms with E-state index < -0.39 is 10.5 Å². The van der Waals surface area contributed by atoms with Crippen LogP contribution in [0.1, 0.15) is 44.6 Å². The van der Waals surface area contributed by atoms with Crippen molar-refractivity contribution in [3.63, 3.8) is 0 Å². The zero-order valence-corrected chi connectivity index (χ0v) is 14.7. The van der Waals surface area contributed by atoms with E-state index in [-0.39, 0.29) is 30.3 Å². The summed E-state index contributed by atoms with van der Waals surface area (Å²) in [5.41, 5.74) is 1.07. The summed E-state index contributed by atoms with van der Waals surface area (Å²) in [6.45, 7) is 2.18. The van der Waals surface area contributed by atoms with Crippen LogP contribution in [0.2, 0.25) is 0 Å². The number of anilines is 1. The Bertz CT molecular complexity index is 787. The lowest BCUT2D eigenvalue weighted by atomic mass is 9.82. The van der Waals surface area contributed by atoms with Gasteiger partial charge in [-0.1, -0.05) is 19.3 Å². The number of nitro groups is 1. The molecule has 1 aromatic rings. The highest BCUT2D eigenvalue weighted by atomic mass is 16.6. The maximum absolute atomic E-state index is 13.0. The van der Waals surface area contributed by atoms with Crippen LogP contribution in [0.15, 0.2) is 18.2 Å². The molecular formula is C18H22N4O4. The Morgan fingerprint density at radius 3 is 2.69 bits per heavy atom. The molecule has 8 heteroatoms. The Morgan fingerprint density at radius 1 is 1.27 bits per heavy atom. The molecular weight excluding hydrogens is 336 g/mol. The summed E-state index contributed by atoms with van der Waals surface area (Å²) in [4.78, 5) is 39.3. The number of nitro benzene ring substituents is 1. The summed E-state index contributed by atoms with van der Waals surface area (Å²) in [5, 5.41) is 13.9. The number of nitrogens with one attached hydrogen (secondary N) is 1. The van der Waals surface area contributed by atoms with Crippen molar-refractivity contribution in [2.45, 2.75) is 57.0 Å². The van der Waals surface area contributed by atoms with Crippen molar-refractivity contribution in [3.05, 3.63) is 33.9 Å². The van der Waals surface area contributed by atoms with E-state index in [4.69, 9.17) is 0 Å². The second kappa shape index (κ2) is 5.96. The van der Waals surface area contributed by atoms with Gasteiger partial charge in [-0.3, -0.25) is 14.9 Å². The maximum atomic E-state index is 13.0. The van der Waals surface area contributed by atoms with Crippen molar-refractivity contribution in [1.82, 2.24) is 10.2 Å². The van der Waals surface area contributed by atoms with E-state index in [0.29, 0.717) is 19.3 Å². The number of urea groups is 1. The molecule has 0 aromatic heterocycles. The fourth-order valence-corrected chi connectivity index (χ4v) is 4.46. The molecule has 1 spiro atoms. The third-order valence-electron chi connectivity index (χ3n) is 5.88. The van der Waals surface area contributed by atoms with E-state index in [1.165, 1.54) is 11.0 Å². The first kappa shape index (κ1) is 16.8. The van der Waals surface area contributed by atoms with Gasteiger partial charge in [0.15, 0.2) is 0 Å². The van der Waals surface area contributed by atoms with Gasteiger partial charge in [0.2, 0.25) is 0 Å². The van der Waals surface area contributed by atoms with Gasteiger partial charge in [-0.05, 0) is 37.8 Å². The number of carbonyl (C=O) groups is 2. The van der Waals surface area contributed by atoms with E-state index in [9.17, 15) is 19.7 Å². The largest absolute Gasteiger partial charge is 0.350 e. The van der Waals surface area contributed by atoms with Crippen molar-refractivity contribution in [1.29, 1.82) is 0 Å². The molecule has 138 valence electrons. The van der Waals surface area contributed by atoms with Gasteiger partial charge in [-0.2, -0.15) is 0 Å². The minimum atomic E-state index is -0.726. The number of imide groups is 1. The van der Waals surface area contributed by atoms with E-state index in [0.717, 1.165) is 30.5 Å². The number of hydrogen-bond donors (Lipinski definition) is 1. The zero-order valence-electron chi connectivity index (χ0n) is 14.7. The van der Waals surface area contributed by atoms with Crippen LogP contribution in [0.5, 0.6) is 0 Å². The van der Waals surface area contributed by atoms with Crippen LogP contribution >= 0.6 is 0 Å². The molecule has 1 unspecified atom stereocenters. The summed E-state index contributed by atoms with van der Waals surface area (Å²) in [7, 11) is 0. The molecule has 1 atom stereocenters. The predicted molar refractivity (Wildman–Crippen MR) is 94.8 cm³/mol. The number of carbonyl (C=O) groups excluding carboxylic acids is 2. The Hall–Kier alpha value is -2.64. The lowest BCUT2D eigenvalue weighted by Crippen LogP contribution is -2.49. The second-order valence-electron chi connectivity index (χ2n) is 7.54. The highest BCUT2D eigenvalue weighted by Crippen LogP contribution is 2.37. The van der Waals surface area contributed by atoms with Crippen LogP contribution in [0.3, 0.4) is 0 Å². The number of benzene rings is 1. The molecule has 1 aromatic carbocycles. The lowest BCUT2D eigenvalue weighted by molar-refractivity contribution is -0.384. The molecule has 4 rings (SSSR count). The highest BCUT2D eigenvalue weighted by Gasteiger charge is 2.52. The van der Waals surface area contributed by atoms with E-state index in [2.05, 4.69) is 5.32 Å². The number of fused-ring (bicyclic) bond motifs is 1. The van der Waals surface area contributed by atoms with Crippen molar-refractivity contribution in [2.75, 3.05) is 11.6 Å². The quantitative estimate of drug-likeness (QED) is 0.509. The normalized spacial score (nSPS) is 24.1. The molecule has 8 nitrogen and oxygen atoms in total. The topological polar surface area (TPSA) is 95.8 Å². The molecule has 3 amide bonds. The van der Waals surface area contributed by atoms with E-state index >= 15 is 0 Å². The third kappa shape index (κ3) is 2.51. The van der Waals surface area contributed by atoms with Gasteiger partial charge in [0, 0.05) is 23.9 Å². The molecule has 1 N–H and O–H groups in total. The summed E-state index contributed by atoms with van der Waals surface area (Å²) in [6.07, 6.45) is 5.06. The number of amides is 3. The average Bonchev–Trinajstić information content (AvgIpc) is 3.04. The van der Waals surface area contributed by atoms with Gasteiger partial charge in [0.05, 0.1) is 4.92 Å². The number of nitrogens with zero attached hydrogens (tertiary/aromatic N) is 3. The SMILES string of the molecule is CC1Cc2cc([N+](=O)[O-])ccc2N1CN1C(=O)NC2(CCCCC2)C1=O. The van der Waals surface area contributed by atoms with Gasteiger partial charge in [-0.15, -0.1) is 0 Å². The van der Waals surface area contributed by atoms with Gasteiger partial charge in [-0.25, -0.2) is 9.69 Å². The Balaban J connectivity index is 1.57. The molecule has 1 saturated carbocycles. The number of non-ortho nitro benzene ring substituents is 1. The van der Waals surface area contributed by atoms with Crippen LogP contribution in [-0.2, 0) is 11.2 Å². The van der Waals surface area contributed by atoms with E-state index in [1.54, 1.807) is 12.1 Å². The van der Waals surface area contributed by atoms with Gasteiger partial charge in [0.1, 0.15) is 12.2 Å². The smallest absolute Gasteiger partial charge is 0.326 e. The van der Waals surface area contributed by atoms with Crippen LogP contribution < -0.4 is 10.2 Å². The summed E-state index contributed by atoms with van der Waals surface area (Å²) >= 11 is 0. The first-order valence-electron chi connectivity index (χ1n) is 9.09. The molecule has 0 bridgehead atoms. The molecule has 1 aliphatic carbocycles. The van der Waals surface area contributed by atoms with Crippen LogP contribution in [0.4, 0.5) is 16.2 Å². The van der Waals surface area contributed by atoms with Crippen LogP contribution in [0, 0.1) is 10.1 Å². The fourth-order valence-electron chi connectivity index (χ4n) is 4.46. The molecule has 2 heterocycles. The Morgan fingerprint density at radius 2 is 2.00 bits per heavy atom. The lowest BCUT2D eigenvalue weighted by Gasteiger charge is -2.32. The predicted octanol–water partition coefficient (Wildman–Crippen LogP) is 2.56. The summed E-state index contributed by atoms with van der Waals surface area (Å²) < 4.78 is 0. The average molecular weight is 358 g/mol. The minimum absolute atomic E-state index is 0.0638. The Labute approximate surface area is 151 Å². The molecule has 26 heavy (non-hydrogen) atoms. The fraction of sp³-hybridized carbons (Fsp3) is 0.556. The molecule has 2 fully saturated rings. The molecule has 2 aliphatic heterocycles. The van der Waals surface area contributed by atoms with Crippen molar-refractivity contribution >= 4 is 23.3 Å².